The van der Waals surface area contributed by atoms with Crippen LogP contribution < -0.4 is 10.6 Å². The van der Waals surface area contributed by atoms with E-state index in [1.165, 1.54) is 0 Å². The third-order valence-corrected chi connectivity index (χ3v) is 15.6. The monoisotopic (exact) mass is 872 g/mol. The molecule has 0 saturated heterocycles. The summed E-state index contributed by atoms with van der Waals surface area (Å²) in [7, 11) is 1.94. The van der Waals surface area contributed by atoms with Gasteiger partial charge in [0.2, 0.25) is 22.6 Å². The van der Waals surface area contributed by atoms with Crippen molar-refractivity contribution in [1.29, 1.82) is 0 Å². The van der Waals surface area contributed by atoms with E-state index in [0.717, 1.165) is 53.1 Å². The van der Waals surface area contributed by atoms with Gasteiger partial charge in [-0.25, -0.2) is 9.59 Å². The fraction of sp³-hybridized carbons (Fsp3) is 0.418. The number of H-pyrrole nitrogens is 1. The van der Waals surface area contributed by atoms with Gasteiger partial charge in [0.1, 0.15) is 12.2 Å². The SMILES string of the molecule is CC(C)[C@@H]1C(c2ccc3c(c2)C(=O)[C@@](C(=O)O[C@@H]2C[C@H](C)CC[C@H]2C(C)C)(c2cn(C)c4ccccc24)N3)C[C@@H](C)C[C@H]1OC(=O)[C@@]1(c2c[nH]c3ccccc23)Nc2ccccc2C1=O. The van der Waals surface area contributed by atoms with E-state index in [1.807, 2.05) is 96.7 Å². The van der Waals surface area contributed by atoms with E-state index < -0.39 is 29.1 Å². The molecule has 10 rings (SSSR count). The van der Waals surface area contributed by atoms with Gasteiger partial charge in [-0.05, 0) is 103 Å². The molecule has 10 heteroatoms. The van der Waals surface area contributed by atoms with Crippen molar-refractivity contribution in [2.75, 3.05) is 10.6 Å². The quantitative estimate of drug-likeness (QED) is 0.0967. The summed E-state index contributed by atoms with van der Waals surface area (Å²) in [5.41, 5.74) is 2.23. The molecule has 2 aromatic heterocycles. The predicted molar refractivity (Wildman–Crippen MR) is 254 cm³/mol. The molecule has 10 nitrogen and oxygen atoms in total. The number of esters is 2. The van der Waals surface area contributed by atoms with E-state index in [1.54, 1.807) is 12.3 Å². The number of aryl methyl sites for hydroxylation is 1. The molecule has 2 fully saturated rings. The van der Waals surface area contributed by atoms with E-state index >= 15 is 14.4 Å². The van der Waals surface area contributed by atoms with Crippen molar-refractivity contribution >= 4 is 56.7 Å². The van der Waals surface area contributed by atoms with E-state index in [2.05, 4.69) is 63.2 Å². The highest BCUT2D eigenvalue weighted by molar-refractivity contribution is 6.27. The maximum atomic E-state index is 15.5. The normalized spacial score (nSPS) is 28.6. The van der Waals surface area contributed by atoms with Crippen LogP contribution in [0.4, 0.5) is 11.4 Å². The van der Waals surface area contributed by atoms with Crippen molar-refractivity contribution in [3.8, 4) is 0 Å². The average molecular weight is 873 g/mol. The second-order valence-electron chi connectivity index (χ2n) is 20.4. The Kier molecular flexibility index (Phi) is 10.6. The Morgan fingerprint density at radius 2 is 1.31 bits per heavy atom. The van der Waals surface area contributed by atoms with Gasteiger partial charge in [0, 0.05) is 80.8 Å². The first-order chi connectivity index (χ1) is 31.2. The summed E-state index contributed by atoms with van der Waals surface area (Å²) in [6, 6.07) is 28.7. The number of fused-ring (bicyclic) bond motifs is 4. The summed E-state index contributed by atoms with van der Waals surface area (Å²) >= 11 is 0. The molecule has 0 spiro atoms. The highest BCUT2D eigenvalue weighted by Gasteiger charge is 2.59. The van der Waals surface area contributed by atoms with Gasteiger partial charge >= 0.3 is 11.9 Å². The van der Waals surface area contributed by atoms with Gasteiger partial charge in [-0.15, -0.1) is 0 Å². The molecule has 1 unspecified atom stereocenters. The fourth-order valence-electron chi connectivity index (χ4n) is 12.3. The van der Waals surface area contributed by atoms with Crippen LogP contribution in [0.25, 0.3) is 21.8 Å². The third-order valence-electron chi connectivity index (χ3n) is 15.6. The average Bonchev–Trinajstić information content (AvgIpc) is 4.03. The number of ether oxygens (including phenoxy) is 2. The number of nitrogens with zero attached hydrogens (tertiary/aromatic N) is 1. The number of aromatic amines is 1. The smallest absolute Gasteiger partial charge is 0.345 e. The number of carbonyl (C=O) groups excluding carboxylic acids is 4. The van der Waals surface area contributed by atoms with Crippen molar-refractivity contribution in [3.63, 3.8) is 0 Å². The second-order valence-corrected chi connectivity index (χ2v) is 20.4. The Morgan fingerprint density at radius 1 is 0.677 bits per heavy atom. The topological polar surface area (TPSA) is 132 Å². The lowest BCUT2D eigenvalue weighted by Gasteiger charge is -2.44. The first-order valence-corrected chi connectivity index (χ1v) is 23.6. The number of hydrogen-bond acceptors (Lipinski definition) is 8. The standard InChI is InChI=1S/C55H60N4O6/c1-30(2)35-22-20-32(5)25-47(35)64-53(63)55(42-29-59(7)46-19-13-10-15-37(42)46)51(61)40-27-34(21-23-45(40)58-55)39-24-33(6)26-48(49(39)31(3)4)65-52(62)54(41-28-56-43-17-11-8-14-36(41)43)50(60)38-16-9-12-18-44(38)57-54/h8-19,21,23,27-33,35,39,47-49,56-58H,20,22,24-26H2,1-7H3/t32-,33-,35+,39?,47-,48-,49-,54+,55-/m1/s1. The number of para-hydroxylation sites is 3. The van der Waals surface area contributed by atoms with Gasteiger partial charge in [0.25, 0.3) is 0 Å². The maximum Gasteiger partial charge on any atom is 0.345 e. The van der Waals surface area contributed by atoms with Gasteiger partial charge < -0.3 is 29.7 Å². The Balaban J connectivity index is 1.01. The highest BCUT2D eigenvalue weighted by atomic mass is 16.6. The number of benzene rings is 4. The van der Waals surface area contributed by atoms with Crippen LogP contribution in [-0.4, -0.2) is 45.3 Å². The van der Waals surface area contributed by atoms with Gasteiger partial charge in [-0.1, -0.05) is 103 Å². The highest BCUT2D eigenvalue weighted by Crippen LogP contribution is 2.51. The lowest BCUT2D eigenvalue weighted by atomic mass is 9.65. The molecule has 9 atom stereocenters. The van der Waals surface area contributed by atoms with Crippen LogP contribution in [0.1, 0.15) is 117 Å². The molecule has 4 heterocycles. The zero-order chi connectivity index (χ0) is 45.5. The number of rotatable bonds is 9. The van der Waals surface area contributed by atoms with E-state index in [4.69, 9.17) is 9.47 Å². The van der Waals surface area contributed by atoms with Crippen molar-refractivity contribution < 1.29 is 28.7 Å². The minimum atomic E-state index is -1.80. The molecule has 6 aromatic rings. The molecule has 2 aliphatic heterocycles. The molecule has 0 amide bonds. The summed E-state index contributed by atoms with van der Waals surface area (Å²) in [6.07, 6.45) is 7.05. The molecular formula is C55H60N4O6. The van der Waals surface area contributed by atoms with Crippen molar-refractivity contribution in [2.45, 2.75) is 103 Å². The maximum absolute atomic E-state index is 15.5. The van der Waals surface area contributed by atoms with Crippen LogP contribution in [0.2, 0.25) is 0 Å². The first-order valence-electron chi connectivity index (χ1n) is 23.6. The van der Waals surface area contributed by atoms with Crippen LogP contribution in [0.15, 0.2) is 103 Å². The van der Waals surface area contributed by atoms with E-state index in [9.17, 15) is 4.79 Å². The van der Waals surface area contributed by atoms with Crippen molar-refractivity contribution in [1.82, 2.24) is 9.55 Å². The molecule has 2 aliphatic carbocycles. The van der Waals surface area contributed by atoms with Crippen LogP contribution in [0.3, 0.4) is 0 Å². The van der Waals surface area contributed by atoms with Gasteiger partial charge in [0.05, 0.1) is 0 Å². The summed E-state index contributed by atoms with van der Waals surface area (Å²) < 4.78 is 15.3. The van der Waals surface area contributed by atoms with E-state index in [-0.39, 0.29) is 47.3 Å². The Hall–Kier alpha value is -6.16. The Bertz CT molecular complexity index is 2870. The zero-order valence-corrected chi connectivity index (χ0v) is 38.4. The first kappa shape index (κ1) is 42.8. The molecule has 65 heavy (non-hydrogen) atoms. The molecule has 336 valence electrons. The molecule has 4 aromatic carbocycles. The van der Waals surface area contributed by atoms with Crippen LogP contribution in [0, 0.1) is 35.5 Å². The van der Waals surface area contributed by atoms with E-state index in [0.29, 0.717) is 51.9 Å². The molecule has 4 aliphatic rings. The number of Topliss-reactive ketones (excluding diaryl/α,β-unsaturated/α-hetero) is 2. The lowest BCUT2D eigenvalue weighted by Crippen LogP contribution is -2.51. The largest absolute Gasteiger partial charge is 0.460 e. The van der Waals surface area contributed by atoms with Crippen LogP contribution in [0.5, 0.6) is 0 Å². The Labute approximate surface area is 380 Å². The summed E-state index contributed by atoms with van der Waals surface area (Å²) in [6.45, 7) is 13.1. The molecule has 0 bridgehead atoms. The van der Waals surface area contributed by atoms with Crippen molar-refractivity contribution in [2.24, 2.45) is 42.6 Å². The van der Waals surface area contributed by atoms with Gasteiger partial charge in [0.15, 0.2) is 0 Å². The number of anilines is 2. The zero-order valence-electron chi connectivity index (χ0n) is 38.4. The molecule has 3 N–H and O–H groups in total. The number of aromatic nitrogens is 2. The number of nitrogens with one attached hydrogen (secondary N) is 3. The molecule has 0 radical (unpaired) electrons. The summed E-state index contributed by atoms with van der Waals surface area (Å²) in [4.78, 5) is 63.7. The number of hydrogen-bond donors (Lipinski definition) is 3. The van der Waals surface area contributed by atoms with Crippen LogP contribution >= 0.6 is 0 Å². The Morgan fingerprint density at radius 3 is 2.05 bits per heavy atom. The van der Waals surface area contributed by atoms with Crippen LogP contribution in [-0.2, 0) is 37.2 Å². The second kappa shape index (κ2) is 16.1. The summed E-state index contributed by atoms with van der Waals surface area (Å²) in [5.74, 6) is -0.986. The summed E-state index contributed by atoms with van der Waals surface area (Å²) in [5, 5.41) is 8.44. The fourth-order valence-corrected chi connectivity index (χ4v) is 12.3. The predicted octanol–water partition coefficient (Wildman–Crippen LogP) is 11.1. The number of carbonyl (C=O) groups is 4. The minimum Gasteiger partial charge on any atom is -0.460 e. The molecular weight excluding hydrogens is 813 g/mol. The third kappa shape index (κ3) is 6.72. The minimum absolute atomic E-state index is 0.0670. The number of ketones is 2. The lowest BCUT2D eigenvalue weighted by molar-refractivity contribution is -0.161. The van der Waals surface area contributed by atoms with Gasteiger partial charge in [-0.3, -0.25) is 9.59 Å². The van der Waals surface area contributed by atoms with Gasteiger partial charge in [-0.2, -0.15) is 0 Å². The molecule has 2 saturated carbocycles. The van der Waals surface area contributed by atoms with Crippen molar-refractivity contribution in [3.05, 3.63) is 131 Å².